The van der Waals surface area contributed by atoms with Gasteiger partial charge in [0.05, 0.1) is 16.7 Å². The smallest absolute Gasteiger partial charge is 0.148 e. The predicted molar refractivity (Wildman–Crippen MR) is 78.4 cm³/mol. The number of rotatable bonds is 2. The molecule has 1 saturated heterocycles. The first-order chi connectivity index (χ1) is 9.22. The van der Waals surface area contributed by atoms with Crippen LogP contribution in [0.15, 0.2) is 24.3 Å². The van der Waals surface area contributed by atoms with Gasteiger partial charge in [-0.3, -0.25) is 0 Å². The molecule has 3 rings (SSSR count). The minimum atomic E-state index is 0.519. The summed E-state index contributed by atoms with van der Waals surface area (Å²) in [6.45, 7) is 4.33. The van der Waals surface area contributed by atoms with Crippen molar-refractivity contribution in [1.82, 2.24) is 14.9 Å². The van der Waals surface area contributed by atoms with Crippen LogP contribution < -0.4 is 5.32 Å². The molecule has 4 heteroatoms. The number of aryl methyl sites for hydroxylation is 1. The third-order valence-electron chi connectivity index (χ3n) is 3.80. The molecule has 1 N–H and O–H groups in total. The Kier molecular flexibility index (Phi) is 3.34. The average Bonchev–Trinajstić information content (AvgIpc) is 2.42. The highest BCUT2D eigenvalue weighted by atomic mass is 15.1. The number of aromatic nitrogens is 2. The van der Waals surface area contributed by atoms with Crippen molar-refractivity contribution in [1.29, 1.82) is 0 Å². The van der Waals surface area contributed by atoms with Crippen molar-refractivity contribution in [2.24, 2.45) is 0 Å². The number of hydrogen-bond acceptors (Lipinski definition) is 4. The van der Waals surface area contributed by atoms with E-state index in [1.54, 1.807) is 0 Å². The van der Waals surface area contributed by atoms with E-state index in [1.807, 2.05) is 31.2 Å². The van der Waals surface area contributed by atoms with Crippen LogP contribution in [-0.2, 0) is 0 Å². The molecule has 1 fully saturated rings. The second-order valence-electron chi connectivity index (χ2n) is 5.37. The molecule has 1 aliphatic heterocycles. The second kappa shape index (κ2) is 5.13. The Hall–Kier alpha value is -1.68. The highest BCUT2D eigenvalue weighted by molar-refractivity contribution is 5.76. The second-order valence-corrected chi connectivity index (χ2v) is 5.37. The molecule has 2 aromatic rings. The summed E-state index contributed by atoms with van der Waals surface area (Å²) in [4.78, 5) is 11.7. The van der Waals surface area contributed by atoms with Gasteiger partial charge in [0.1, 0.15) is 5.82 Å². The third kappa shape index (κ3) is 2.68. The van der Waals surface area contributed by atoms with Crippen LogP contribution in [0, 0.1) is 6.92 Å². The number of anilines is 1. The van der Waals surface area contributed by atoms with E-state index >= 15 is 0 Å². The lowest BCUT2D eigenvalue weighted by atomic mass is 10.1. The van der Waals surface area contributed by atoms with Crippen molar-refractivity contribution in [2.45, 2.75) is 25.8 Å². The van der Waals surface area contributed by atoms with Gasteiger partial charge >= 0.3 is 0 Å². The molecule has 19 heavy (non-hydrogen) atoms. The zero-order valence-corrected chi connectivity index (χ0v) is 11.6. The van der Waals surface area contributed by atoms with Gasteiger partial charge in [-0.1, -0.05) is 12.1 Å². The number of nitrogens with one attached hydrogen (secondary N) is 1. The van der Waals surface area contributed by atoms with Crippen molar-refractivity contribution >= 4 is 16.9 Å². The van der Waals surface area contributed by atoms with Crippen LogP contribution in [0.4, 0.5) is 5.82 Å². The SMILES string of the molecule is Cc1nc2ccccc2nc1NC1CCN(C)CC1. The van der Waals surface area contributed by atoms with E-state index < -0.39 is 0 Å². The molecule has 0 bridgehead atoms. The topological polar surface area (TPSA) is 41.1 Å². The fourth-order valence-electron chi connectivity index (χ4n) is 2.57. The fraction of sp³-hybridized carbons (Fsp3) is 0.467. The van der Waals surface area contributed by atoms with Gasteiger partial charge in [0.2, 0.25) is 0 Å². The van der Waals surface area contributed by atoms with Gasteiger partial charge in [-0.15, -0.1) is 0 Å². The number of likely N-dealkylation sites (tertiary alicyclic amines) is 1. The van der Waals surface area contributed by atoms with Crippen molar-refractivity contribution in [3.8, 4) is 0 Å². The maximum Gasteiger partial charge on any atom is 0.148 e. The normalized spacial score (nSPS) is 17.8. The molecule has 100 valence electrons. The molecule has 0 saturated carbocycles. The quantitative estimate of drug-likeness (QED) is 0.896. The molecule has 0 atom stereocenters. The number of piperidine rings is 1. The van der Waals surface area contributed by atoms with Crippen molar-refractivity contribution < 1.29 is 0 Å². The molecular formula is C15H20N4. The lowest BCUT2D eigenvalue weighted by molar-refractivity contribution is 0.263. The summed E-state index contributed by atoms with van der Waals surface area (Å²) in [7, 11) is 2.18. The van der Waals surface area contributed by atoms with Crippen LogP contribution in [0.3, 0.4) is 0 Å². The van der Waals surface area contributed by atoms with Gasteiger partial charge in [0.15, 0.2) is 0 Å². The number of nitrogens with zero attached hydrogens (tertiary/aromatic N) is 3. The Labute approximate surface area is 113 Å². The average molecular weight is 256 g/mol. The van der Waals surface area contributed by atoms with E-state index in [0.717, 1.165) is 35.6 Å². The van der Waals surface area contributed by atoms with E-state index in [4.69, 9.17) is 4.98 Å². The van der Waals surface area contributed by atoms with Crippen LogP contribution in [0.5, 0.6) is 0 Å². The van der Waals surface area contributed by atoms with Crippen molar-refractivity contribution in [3.63, 3.8) is 0 Å². The van der Waals surface area contributed by atoms with Crippen molar-refractivity contribution in [3.05, 3.63) is 30.0 Å². The fourth-order valence-corrected chi connectivity index (χ4v) is 2.57. The summed E-state index contributed by atoms with van der Waals surface area (Å²) < 4.78 is 0. The number of hydrogen-bond donors (Lipinski definition) is 1. The molecule has 0 aliphatic carbocycles. The number of benzene rings is 1. The Morgan fingerprint density at radius 3 is 2.42 bits per heavy atom. The van der Waals surface area contributed by atoms with Crippen molar-refractivity contribution in [2.75, 3.05) is 25.5 Å². The van der Waals surface area contributed by atoms with Gasteiger partial charge in [-0.25, -0.2) is 9.97 Å². The molecule has 2 heterocycles. The van der Waals surface area contributed by atoms with Gasteiger partial charge in [0.25, 0.3) is 0 Å². The van der Waals surface area contributed by atoms with Gasteiger partial charge < -0.3 is 10.2 Å². The van der Waals surface area contributed by atoms with E-state index in [0.29, 0.717) is 6.04 Å². The van der Waals surface area contributed by atoms with Gasteiger partial charge in [-0.05, 0) is 52.0 Å². The molecule has 0 spiro atoms. The Morgan fingerprint density at radius 2 is 1.74 bits per heavy atom. The highest BCUT2D eigenvalue weighted by Crippen LogP contribution is 2.19. The summed E-state index contributed by atoms with van der Waals surface area (Å²) in [5.41, 5.74) is 2.91. The molecule has 1 aromatic carbocycles. The molecule has 0 radical (unpaired) electrons. The standard InChI is InChI=1S/C15H20N4/c1-11-15(17-12-7-9-19(2)10-8-12)18-14-6-4-3-5-13(14)16-11/h3-6,12H,7-10H2,1-2H3,(H,17,18). The zero-order chi connectivity index (χ0) is 13.2. The predicted octanol–water partition coefficient (Wildman–Crippen LogP) is 2.44. The molecule has 0 unspecified atom stereocenters. The van der Waals surface area contributed by atoms with E-state index in [-0.39, 0.29) is 0 Å². The van der Waals surface area contributed by atoms with Crippen LogP contribution in [0.1, 0.15) is 18.5 Å². The first kappa shape index (κ1) is 12.4. The molecule has 4 nitrogen and oxygen atoms in total. The maximum absolute atomic E-state index is 4.70. The maximum atomic E-state index is 4.70. The summed E-state index contributed by atoms with van der Waals surface area (Å²) in [5.74, 6) is 0.938. The van der Waals surface area contributed by atoms with Crippen LogP contribution >= 0.6 is 0 Å². The first-order valence-electron chi connectivity index (χ1n) is 6.91. The highest BCUT2D eigenvalue weighted by Gasteiger charge is 2.17. The van der Waals surface area contributed by atoms with Crippen LogP contribution in [0.25, 0.3) is 11.0 Å². The molecule has 1 aliphatic rings. The Bertz CT molecular complexity index is 573. The Morgan fingerprint density at radius 1 is 1.11 bits per heavy atom. The van der Waals surface area contributed by atoms with E-state index in [2.05, 4.69) is 22.2 Å². The molecule has 1 aromatic heterocycles. The first-order valence-corrected chi connectivity index (χ1v) is 6.91. The van der Waals surface area contributed by atoms with Gasteiger partial charge in [-0.2, -0.15) is 0 Å². The summed E-state index contributed by atoms with van der Waals surface area (Å²) in [5, 5.41) is 3.56. The van der Waals surface area contributed by atoms with Crippen LogP contribution in [-0.4, -0.2) is 41.0 Å². The monoisotopic (exact) mass is 256 g/mol. The summed E-state index contributed by atoms with van der Waals surface area (Å²) in [6, 6.07) is 8.55. The number of para-hydroxylation sites is 2. The Balaban J connectivity index is 1.82. The third-order valence-corrected chi connectivity index (χ3v) is 3.80. The lowest BCUT2D eigenvalue weighted by Crippen LogP contribution is -2.37. The van der Waals surface area contributed by atoms with Gasteiger partial charge in [0, 0.05) is 6.04 Å². The number of fused-ring (bicyclic) bond motifs is 1. The minimum absolute atomic E-state index is 0.519. The van der Waals surface area contributed by atoms with Crippen LogP contribution in [0.2, 0.25) is 0 Å². The minimum Gasteiger partial charge on any atom is -0.366 e. The lowest BCUT2D eigenvalue weighted by Gasteiger charge is -2.30. The van der Waals surface area contributed by atoms with E-state index in [1.165, 1.54) is 12.8 Å². The summed E-state index contributed by atoms with van der Waals surface area (Å²) >= 11 is 0. The largest absolute Gasteiger partial charge is 0.366 e. The van der Waals surface area contributed by atoms with E-state index in [9.17, 15) is 0 Å². The molecule has 0 amide bonds. The summed E-state index contributed by atoms with van der Waals surface area (Å²) in [6.07, 6.45) is 2.34. The zero-order valence-electron chi connectivity index (χ0n) is 11.6. The molecular weight excluding hydrogens is 236 g/mol.